The van der Waals surface area contributed by atoms with Gasteiger partial charge in [-0.05, 0) is 55.2 Å². The van der Waals surface area contributed by atoms with E-state index in [1.807, 2.05) is 19.1 Å². The van der Waals surface area contributed by atoms with Crippen LogP contribution in [0.1, 0.15) is 43.1 Å². The Bertz CT molecular complexity index is 1000. The number of urea groups is 1. The zero-order valence-electron chi connectivity index (χ0n) is 22.0. The predicted molar refractivity (Wildman–Crippen MR) is 140 cm³/mol. The number of hydrogen-bond acceptors (Lipinski definition) is 6. The van der Waals surface area contributed by atoms with Gasteiger partial charge in [0.15, 0.2) is 0 Å². The van der Waals surface area contributed by atoms with Gasteiger partial charge in [-0.3, -0.25) is 14.7 Å². The fourth-order valence-electron chi connectivity index (χ4n) is 4.29. The van der Waals surface area contributed by atoms with Crippen LogP contribution in [-0.4, -0.2) is 79.3 Å². The molecule has 1 aliphatic heterocycles. The molecule has 3 atom stereocenters. The van der Waals surface area contributed by atoms with E-state index in [2.05, 4.69) is 34.4 Å². The van der Waals surface area contributed by atoms with Crippen LogP contribution in [0.4, 0.5) is 10.5 Å². The van der Waals surface area contributed by atoms with Gasteiger partial charge in [0.25, 0.3) is 5.91 Å². The van der Waals surface area contributed by atoms with Crippen molar-refractivity contribution in [2.75, 3.05) is 45.7 Å². The molecule has 2 aromatic rings. The SMILES string of the molecule is CCCNC(=O)Nc1ccc2c(c1)C(=O)N(C)C[C@@H](OC)[C@@H](C)CN(Cc1ccncc1)[C@@H](C)CO2. The minimum absolute atomic E-state index is 0.0795. The second-order valence-electron chi connectivity index (χ2n) is 9.47. The molecule has 0 saturated carbocycles. The summed E-state index contributed by atoms with van der Waals surface area (Å²) in [6, 6.07) is 9.00. The second kappa shape index (κ2) is 13.2. The van der Waals surface area contributed by atoms with Crippen molar-refractivity contribution < 1.29 is 19.1 Å². The number of likely N-dealkylation sites (N-methyl/N-ethyl adjacent to an activating group) is 1. The Kier molecular flexibility index (Phi) is 10.1. The van der Waals surface area contributed by atoms with Crippen LogP contribution in [-0.2, 0) is 11.3 Å². The Labute approximate surface area is 214 Å². The number of benzene rings is 1. The number of methoxy groups -OCH3 is 1. The molecule has 0 unspecified atom stereocenters. The highest BCUT2D eigenvalue weighted by molar-refractivity contribution is 5.99. The van der Waals surface area contributed by atoms with Crippen LogP contribution in [0.3, 0.4) is 0 Å². The summed E-state index contributed by atoms with van der Waals surface area (Å²) >= 11 is 0. The van der Waals surface area contributed by atoms with Crippen LogP contribution in [0.15, 0.2) is 42.7 Å². The minimum Gasteiger partial charge on any atom is -0.491 e. The van der Waals surface area contributed by atoms with Crippen molar-refractivity contribution in [3.63, 3.8) is 0 Å². The van der Waals surface area contributed by atoms with Crippen LogP contribution < -0.4 is 15.4 Å². The number of aromatic nitrogens is 1. The Hall–Kier alpha value is -3.17. The quantitative estimate of drug-likeness (QED) is 0.633. The fourth-order valence-corrected chi connectivity index (χ4v) is 4.29. The molecule has 2 N–H and O–H groups in total. The van der Waals surface area contributed by atoms with Crippen LogP contribution in [0, 0.1) is 5.92 Å². The number of hydrogen-bond donors (Lipinski definition) is 2. The molecule has 36 heavy (non-hydrogen) atoms. The second-order valence-corrected chi connectivity index (χ2v) is 9.47. The maximum atomic E-state index is 13.5. The summed E-state index contributed by atoms with van der Waals surface area (Å²) in [7, 11) is 3.46. The molecule has 9 heteroatoms. The first-order valence-corrected chi connectivity index (χ1v) is 12.5. The molecule has 3 amide bonds. The third-order valence-electron chi connectivity index (χ3n) is 6.50. The Morgan fingerprint density at radius 1 is 1.19 bits per heavy atom. The van der Waals surface area contributed by atoms with Crippen molar-refractivity contribution in [3.8, 4) is 5.75 Å². The van der Waals surface area contributed by atoms with Crippen LogP contribution in [0.2, 0.25) is 0 Å². The number of rotatable bonds is 6. The van der Waals surface area contributed by atoms with Gasteiger partial charge >= 0.3 is 6.03 Å². The lowest BCUT2D eigenvalue weighted by atomic mass is 10.0. The van der Waals surface area contributed by atoms with E-state index in [1.54, 1.807) is 49.7 Å². The maximum Gasteiger partial charge on any atom is 0.319 e. The van der Waals surface area contributed by atoms with Gasteiger partial charge in [-0.2, -0.15) is 0 Å². The highest BCUT2D eigenvalue weighted by Crippen LogP contribution is 2.26. The van der Waals surface area contributed by atoms with Gasteiger partial charge in [-0.25, -0.2) is 4.79 Å². The molecule has 0 saturated heterocycles. The molecule has 1 aliphatic rings. The first-order chi connectivity index (χ1) is 17.3. The van der Waals surface area contributed by atoms with Crippen LogP contribution >= 0.6 is 0 Å². The lowest BCUT2D eigenvalue weighted by Gasteiger charge is -2.36. The molecule has 196 valence electrons. The van der Waals surface area contributed by atoms with Gasteiger partial charge < -0.3 is 25.0 Å². The molecular weight excluding hydrogens is 458 g/mol. The molecule has 3 rings (SSSR count). The van der Waals surface area contributed by atoms with Crippen molar-refractivity contribution >= 4 is 17.6 Å². The maximum absolute atomic E-state index is 13.5. The van der Waals surface area contributed by atoms with E-state index >= 15 is 0 Å². The monoisotopic (exact) mass is 497 g/mol. The number of nitrogens with zero attached hydrogens (tertiary/aromatic N) is 3. The first kappa shape index (κ1) is 27.4. The average Bonchev–Trinajstić information content (AvgIpc) is 2.88. The molecule has 0 bridgehead atoms. The van der Waals surface area contributed by atoms with Crippen molar-refractivity contribution in [3.05, 3.63) is 53.9 Å². The summed E-state index contributed by atoms with van der Waals surface area (Å²) in [4.78, 5) is 33.8. The molecule has 1 aromatic carbocycles. The molecule has 0 fully saturated rings. The van der Waals surface area contributed by atoms with E-state index < -0.39 is 0 Å². The van der Waals surface area contributed by atoms with E-state index in [-0.39, 0.29) is 30.0 Å². The van der Waals surface area contributed by atoms with E-state index in [0.29, 0.717) is 36.7 Å². The highest BCUT2D eigenvalue weighted by Gasteiger charge is 2.28. The predicted octanol–water partition coefficient (Wildman–Crippen LogP) is 3.62. The molecule has 0 radical (unpaired) electrons. The number of anilines is 1. The topological polar surface area (TPSA) is 96.0 Å². The highest BCUT2D eigenvalue weighted by atomic mass is 16.5. The van der Waals surface area contributed by atoms with E-state index in [1.165, 1.54) is 5.56 Å². The van der Waals surface area contributed by atoms with Gasteiger partial charge in [0, 0.05) is 64.5 Å². The number of nitrogens with one attached hydrogen (secondary N) is 2. The van der Waals surface area contributed by atoms with Crippen LogP contribution in [0.25, 0.3) is 0 Å². The van der Waals surface area contributed by atoms with Gasteiger partial charge in [0.2, 0.25) is 0 Å². The first-order valence-electron chi connectivity index (χ1n) is 12.5. The summed E-state index contributed by atoms with van der Waals surface area (Å²) in [6.45, 7) is 9.22. The van der Waals surface area contributed by atoms with Crippen molar-refractivity contribution in [1.29, 1.82) is 0 Å². The lowest BCUT2D eigenvalue weighted by Crippen LogP contribution is -2.46. The average molecular weight is 498 g/mol. The zero-order chi connectivity index (χ0) is 26.1. The minimum atomic E-state index is -0.305. The van der Waals surface area contributed by atoms with E-state index in [4.69, 9.17) is 9.47 Å². The number of fused-ring (bicyclic) bond motifs is 1. The van der Waals surface area contributed by atoms with Crippen molar-refractivity contribution in [2.24, 2.45) is 5.92 Å². The van der Waals surface area contributed by atoms with Crippen molar-refractivity contribution in [1.82, 2.24) is 20.1 Å². The third-order valence-corrected chi connectivity index (χ3v) is 6.50. The third kappa shape index (κ3) is 7.41. The van der Waals surface area contributed by atoms with Crippen LogP contribution in [0.5, 0.6) is 5.75 Å². The van der Waals surface area contributed by atoms with Gasteiger partial charge in [0.05, 0.1) is 11.7 Å². The zero-order valence-corrected chi connectivity index (χ0v) is 22.0. The largest absolute Gasteiger partial charge is 0.491 e. The molecule has 0 aliphatic carbocycles. The Morgan fingerprint density at radius 2 is 1.94 bits per heavy atom. The van der Waals surface area contributed by atoms with E-state index in [9.17, 15) is 9.59 Å². The molecule has 2 heterocycles. The number of ether oxygens (including phenoxy) is 2. The summed E-state index contributed by atoms with van der Waals surface area (Å²) in [5, 5.41) is 5.59. The molecule has 0 spiro atoms. The Morgan fingerprint density at radius 3 is 2.64 bits per heavy atom. The fraction of sp³-hybridized carbons (Fsp3) is 0.519. The number of carbonyl (C=O) groups is 2. The number of carbonyl (C=O) groups excluding carboxylic acids is 2. The summed E-state index contributed by atoms with van der Waals surface area (Å²) in [6.07, 6.45) is 4.30. The summed E-state index contributed by atoms with van der Waals surface area (Å²) in [5.41, 5.74) is 2.11. The van der Waals surface area contributed by atoms with Gasteiger partial charge in [-0.1, -0.05) is 13.8 Å². The van der Waals surface area contributed by atoms with Crippen molar-refractivity contribution in [2.45, 2.75) is 45.9 Å². The lowest BCUT2D eigenvalue weighted by molar-refractivity contribution is 0.00921. The van der Waals surface area contributed by atoms with E-state index in [0.717, 1.165) is 19.5 Å². The number of amides is 3. The normalized spacial score (nSPS) is 21.5. The summed E-state index contributed by atoms with van der Waals surface area (Å²) in [5.74, 6) is 0.479. The Balaban J connectivity index is 1.89. The molecule has 1 aromatic heterocycles. The smallest absolute Gasteiger partial charge is 0.319 e. The number of pyridine rings is 1. The van der Waals surface area contributed by atoms with Gasteiger partial charge in [-0.15, -0.1) is 0 Å². The molecular formula is C27H39N5O4. The van der Waals surface area contributed by atoms with Gasteiger partial charge in [0.1, 0.15) is 12.4 Å². The standard InChI is InChI=1S/C27H39N5O4/c1-6-11-29-27(34)30-22-7-8-24-23(14-22)26(33)31(4)17-25(35-5)19(2)15-32(20(3)18-36-24)16-21-9-12-28-13-10-21/h7-10,12-14,19-20,25H,6,11,15-18H2,1-5H3,(H2,29,30,34)/t19-,20-,25+/m0/s1. The summed E-state index contributed by atoms with van der Waals surface area (Å²) < 4.78 is 12.0. The molecule has 9 nitrogen and oxygen atoms in total.